The first-order valence-corrected chi connectivity index (χ1v) is 7.05. The fraction of sp³-hybridized carbons (Fsp3) is 0.143. The number of halogens is 4. The van der Waals surface area contributed by atoms with Gasteiger partial charge in [0.15, 0.2) is 0 Å². The Kier molecular flexibility index (Phi) is 4.17. The Morgan fingerprint density at radius 3 is 2.44 bits per heavy atom. The highest BCUT2D eigenvalue weighted by atomic mass is 79.9. The first kappa shape index (κ1) is 13.7. The molecular weight excluding hydrogens is 366 g/mol. The summed E-state index contributed by atoms with van der Waals surface area (Å²) < 4.78 is 27.1. The predicted molar refractivity (Wildman–Crippen MR) is 76.0 cm³/mol. The Morgan fingerprint density at radius 1 is 1.06 bits per heavy atom. The van der Waals surface area contributed by atoms with E-state index in [4.69, 9.17) is 0 Å². The second-order valence-electron chi connectivity index (χ2n) is 4.01. The summed E-state index contributed by atoms with van der Waals surface area (Å²) in [7, 11) is 0. The van der Waals surface area contributed by atoms with Gasteiger partial charge in [0, 0.05) is 0 Å². The van der Waals surface area contributed by atoms with Crippen LogP contribution in [0.4, 0.5) is 8.78 Å². The van der Waals surface area contributed by atoms with E-state index >= 15 is 0 Å². The van der Waals surface area contributed by atoms with E-state index < -0.39 is 0 Å². The van der Waals surface area contributed by atoms with Crippen molar-refractivity contribution in [3.8, 4) is 0 Å². The van der Waals surface area contributed by atoms with Crippen LogP contribution in [-0.2, 0) is 0 Å². The van der Waals surface area contributed by atoms with Gasteiger partial charge in [-0.2, -0.15) is 0 Å². The molecule has 0 aromatic heterocycles. The third-order valence-electron chi connectivity index (χ3n) is 2.73. The molecule has 4 heteroatoms. The minimum Gasteiger partial charge on any atom is -0.207 e. The van der Waals surface area contributed by atoms with Crippen LogP contribution in [-0.4, -0.2) is 0 Å². The maximum Gasteiger partial charge on any atom is 0.137 e. The van der Waals surface area contributed by atoms with E-state index in [1.807, 2.05) is 6.07 Å². The second-order valence-corrected chi connectivity index (χ2v) is 5.72. The van der Waals surface area contributed by atoms with Crippen molar-refractivity contribution in [1.29, 1.82) is 0 Å². The Labute approximate surface area is 121 Å². The smallest absolute Gasteiger partial charge is 0.137 e. The molecule has 0 aliphatic heterocycles. The molecule has 0 saturated carbocycles. The molecule has 0 saturated heterocycles. The van der Waals surface area contributed by atoms with Gasteiger partial charge in [-0.1, -0.05) is 40.2 Å². The average Bonchev–Trinajstić information content (AvgIpc) is 2.35. The lowest BCUT2D eigenvalue weighted by Crippen LogP contribution is -1.97. The third-order valence-corrected chi connectivity index (χ3v) is 4.59. The van der Waals surface area contributed by atoms with E-state index in [0.29, 0.717) is 10.0 Å². The van der Waals surface area contributed by atoms with Crippen molar-refractivity contribution in [2.24, 2.45) is 0 Å². The number of hydrogen-bond acceptors (Lipinski definition) is 0. The molecule has 0 amide bonds. The van der Waals surface area contributed by atoms with Gasteiger partial charge in [0.25, 0.3) is 0 Å². The van der Waals surface area contributed by atoms with E-state index in [0.717, 1.165) is 11.1 Å². The van der Waals surface area contributed by atoms with Crippen LogP contribution in [0.15, 0.2) is 40.9 Å². The topological polar surface area (TPSA) is 0 Å². The summed E-state index contributed by atoms with van der Waals surface area (Å²) in [5, 5.41) is 0. The van der Waals surface area contributed by atoms with Crippen molar-refractivity contribution in [3.05, 3.63) is 69.2 Å². The lowest BCUT2D eigenvalue weighted by Gasteiger charge is -2.14. The molecule has 0 spiro atoms. The molecule has 2 aromatic carbocycles. The van der Waals surface area contributed by atoms with Crippen LogP contribution in [0.3, 0.4) is 0 Å². The zero-order chi connectivity index (χ0) is 13.3. The van der Waals surface area contributed by atoms with E-state index in [9.17, 15) is 8.78 Å². The quantitative estimate of drug-likeness (QED) is 0.606. The van der Waals surface area contributed by atoms with Crippen molar-refractivity contribution in [3.63, 3.8) is 0 Å². The highest BCUT2D eigenvalue weighted by Gasteiger charge is 2.16. The lowest BCUT2D eigenvalue weighted by molar-refractivity contribution is 0.616. The number of rotatable bonds is 2. The molecule has 0 N–H and O–H groups in total. The van der Waals surface area contributed by atoms with Gasteiger partial charge in [0.1, 0.15) is 11.6 Å². The summed E-state index contributed by atoms with van der Waals surface area (Å²) in [5.41, 5.74) is 2.24. The minimum atomic E-state index is -0.309. The summed E-state index contributed by atoms with van der Waals surface area (Å²) in [4.78, 5) is -0.179. The molecule has 1 atom stereocenters. The Bertz CT molecular complexity index is 582. The summed E-state index contributed by atoms with van der Waals surface area (Å²) in [5.74, 6) is -0.549. The van der Waals surface area contributed by atoms with Gasteiger partial charge in [0.05, 0.1) is 9.30 Å². The number of alkyl halides is 1. The summed E-state index contributed by atoms with van der Waals surface area (Å²) in [6, 6.07) is 9.74. The zero-order valence-corrected chi connectivity index (χ0v) is 12.7. The van der Waals surface area contributed by atoms with Crippen molar-refractivity contribution in [2.75, 3.05) is 0 Å². The Balaban J connectivity index is 2.44. The maximum absolute atomic E-state index is 13.5. The van der Waals surface area contributed by atoms with Crippen molar-refractivity contribution >= 4 is 31.9 Å². The van der Waals surface area contributed by atoms with Crippen molar-refractivity contribution in [2.45, 2.75) is 11.8 Å². The molecule has 0 aliphatic carbocycles. The number of benzene rings is 2. The van der Waals surface area contributed by atoms with Gasteiger partial charge in [-0.3, -0.25) is 0 Å². The van der Waals surface area contributed by atoms with Gasteiger partial charge in [-0.05, 0) is 51.7 Å². The Morgan fingerprint density at radius 2 is 1.78 bits per heavy atom. The van der Waals surface area contributed by atoms with Crippen LogP contribution in [0, 0.1) is 18.6 Å². The molecule has 0 bridgehead atoms. The summed E-state index contributed by atoms with van der Waals surface area (Å²) in [6.07, 6.45) is 0. The van der Waals surface area contributed by atoms with E-state index in [1.54, 1.807) is 25.1 Å². The fourth-order valence-electron chi connectivity index (χ4n) is 1.72. The summed E-state index contributed by atoms with van der Waals surface area (Å²) in [6.45, 7) is 1.71. The van der Waals surface area contributed by atoms with E-state index in [1.165, 1.54) is 12.1 Å². The van der Waals surface area contributed by atoms with Gasteiger partial charge < -0.3 is 0 Å². The molecule has 1 unspecified atom stereocenters. The maximum atomic E-state index is 13.5. The van der Waals surface area contributed by atoms with Crippen molar-refractivity contribution < 1.29 is 8.78 Å². The second kappa shape index (κ2) is 5.49. The monoisotopic (exact) mass is 374 g/mol. The first-order valence-electron chi connectivity index (χ1n) is 5.34. The summed E-state index contributed by atoms with van der Waals surface area (Å²) >= 11 is 6.75. The molecule has 0 aliphatic rings. The SMILES string of the molecule is Cc1cc(C(Br)c2cccc(F)c2Br)ccc1F. The highest BCUT2D eigenvalue weighted by molar-refractivity contribution is 9.11. The van der Waals surface area contributed by atoms with E-state index in [-0.39, 0.29) is 16.5 Å². The molecular formula is C14H10Br2F2. The third kappa shape index (κ3) is 2.64. The van der Waals surface area contributed by atoms with Gasteiger partial charge in [0.2, 0.25) is 0 Å². The minimum absolute atomic E-state index is 0.179. The molecule has 0 fully saturated rings. The normalized spacial score (nSPS) is 12.5. The van der Waals surface area contributed by atoms with Crippen LogP contribution < -0.4 is 0 Å². The standard InChI is InChI=1S/C14H10Br2F2/c1-8-7-9(5-6-11(8)17)13(15)10-3-2-4-12(18)14(10)16/h2-7,13H,1H3. The lowest BCUT2D eigenvalue weighted by atomic mass is 10.0. The molecule has 0 heterocycles. The Hall–Kier alpha value is -0.740. The number of aryl methyl sites for hydroxylation is 1. The van der Waals surface area contributed by atoms with Crippen LogP contribution in [0.25, 0.3) is 0 Å². The van der Waals surface area contributed by atoms with Crippen LogP contribution >= 0.6 is 31.9 Å². The number of hydrogen-bond donors (Lipinski definition) is 0. The average molecular weight is 376 g/mol. The van der Waals surface area contributed by atoms with Crippen molar-refractivity contribution in [1.82, 2.24) is 0 Å². The van der Waals surface area contributed by atoms with Crippen LogP contribution in [0.5, 0.6) is 0 Å². The predicted octanol–water partition coefficient (Wildman–Crippen LogP) is 5.52. The van der Waals surface area contributed by atoms with Gasteiger partial charge in [-0.25, -0.2) is 8.78 Å². The van der Waals surface area contributed by atoms with Gasteiger partial charge >= 0.3 is 0 Å². The fourth-order valence-corrected chi connectivity index (χ4v) is 3.19. The van der Waals surface area contributed by atoms with Gasteiger partial charge in [-0.15, -0.1) is 0 Å². The molecule has 2 aromatic rings. The first-order chi connectivity index (χ1) is 8.50. The molecule has 94 valence electrons. The highest BCUT2D eigenvalue weighted by Crippen LogP contribution is 2.36. The van der Waals surface area contributed by atoms with E-state index in [2.05, 4.69) is 31.9 Å². The molecule has 2 rings (SSSR count). The molecule has 18 heavy (non-hydrogen) atoms. The van der Waals surface area contributed by atoms with Crippen LogP contribution in [0.2, 0.25) is 0 Å². The largest absolute Gasteiger partial charge is 0.207 e. The van der Waals surface area contributed by atoms with Crippen LogP contribution in [0.1, 0.15) is 21.5 Å². The molecule has 0 nitrogen and oxygen atoms in total. The zero-order valence-electron chi connectivity index (χ0n) is 9.55. The molecule has 0 radical (unpaired) electrons.